The predicted octanol–water partition coefficient (Wildman–Crippen LogP) is 4.26. The van der Waals surface area contributed by atoms with Crippen molar-refractivity contribution in [1.29, 1.82) is 0 Å². The number of aliphatic carboxylic acids is 1. The Bertz CT molecular complexity index is 985. The Morgan fingerprint density at radius 2 is 1.55 bits per heavy atom. The van der Waals surface area contributed by atoms with E-state index in [9.17, 15) is 19.5 Å². The third kappa shape index (κ3) is 4.72. The lowest BCUT2D eigenvalue weighted by Crippen LogP contribution is -2.52. The molecule has 33 heavy (non-hydrogen) atoms. The van der Waals surface area contributed by atoms with Gasteiger partial charge in [0.2, 0.25) is 5.91 Å². The molecule has 0 radical (unpaired) electrons. The summed E-state index contributed by atoms with van der Waals surface area (Å²) in [7, 11) is 1.48. The molecule has 0 saturated heterocycles. The van der Waals surface area contributed by atoms with Gasteiger partial charge in [-0.1, -0.05) is 62.4 Å². The quantitative estimate of drug-likeness (QED) is 0.593. The van der Waals surface area contributed by atoms with Crippen LogP contribution in [0.5, 0.6) is 0 Å². The summed E-state index contributed by atoms with van der Waals surface area (Å²) in [5, 5.41) is 12.0. The van der Waals surface area contributed by atoms with Gasteiger partial charge in [0.1, 0.15) is 12.6 Å². The zero-order chi connectivity index (χ0) is 24.2. The van der Waals surface area contributed by atoms with E-state index in [-0.39, 0.29) is 25.0 Å². The van der Waals surface area contributed by atoms with E-state index >= 15 is 0 Å². The van der Waals surface area contributed by atoms with E-state index in [2.05, 4.69) is 29.6 Å². The molecule has 2 N–H and O–H groups in total. The molecule has 2 aromatic carbocycles. The van der Waals surface area contributed by atoms with Gasteiger partial charge >= 0.3 is 12.1 Å². The van der Waals surface area contributed by atoms with Crippen molar-refractivity contribution < 1.29 is 24.2 Å². The van der Waals surface area contributed by atoms with Crippen LogP contribution in [0.1, 0.15) is 50.7 Å². The zero-order valence-corrected chi connectivity index (χ0v) is 19.6. The number of hydrogen-bond donors (Lipinski definition) is 2. The fraction of sp³-hybridized carbons (Fsp3) is 0.423. The number of alkyl carbamates (subject to hydrolysis) is 1. The molecule has 0 fully saturated rings. The summed E-state index contributed by atoms with van der Waals surface area (Å²) >= 11 is 0. The number of carbonyl (C=O) groups is 3. The molecule has 0 aliphatic heterocycles. The summed E-state index contributed by atoms with van der Waals surface area (Å²) in [6.45, 7) is 5.45. The normalized spacial score (nSPS) is 13.6. The molecule has 2 aromatic rings. The summed E-state index contributed by atoms with van der Waals surface area (Å²) in [6.07, 6.45) is 0.329. The lowest BCUT2D eigenvalue weighted by Gasteiger charge is -2.35. The van der Waals surface area contributed by atoms with Crippen LogP contribution < -0.4 is 5.32 Å². The standard InChI is InChI=1S/C26H32N2O5/c1-5-26(6-2,24(31)28(4)17(3)23(29)30)16-27-25(32)33-15-22-20-13-9-7-11-18(20)19-12-8-10-14-21(19)22/h7-14,17,22H,5-6,15-16H2,1-4H3,(H,27,32)(H,29,30). The van der Waals surface area contributed by atoms with Crippen LogP contribution in [0.25, 0.3) is 11.1 Å². The third-order valence-electron chi connectivity index (χ3n) is 6.98. The SMILES string of the molecule is CCC(CC)(CNC(=O)OCC1c2ccccc2-c2ccccc21)C(=O)N(C)C(C)C(=O)O. The van der Waals surface area contributed by atoms with Crippen molar-refractivity contribution in [2.24, 2.45) is 5.41 Å². The maximum Gasteiger partial charge on any atom is 0.407 e. The van der Waals surface area contributed by atoms with Crippen molar-refractivity contribution in [1.82, 2.24) is 10.2 Å². The third-order valence-corrected chi connectivity index (χ3v) is 6.98. The molecular weight excluding hydrogens is 420 g/mol. The predicted molar refractivity (Wildman–Crippen MR) is 126 cm³/mol. The number of carboxylic acids is 1. The summed E-state index contributed by atoms with van der Waals surface area (Å²) in [5.74, 6) is -1.42. The van der Waals surface area contributed by atoms with E-state index in [1.807, 2.05) is 38.1 Å². The van der Waals surface area contributed by atoms with Crippen molar-refractivity contribution in [3.05, 3.63) is 59.7 Å². The summed E-state index contributed by atoms with van der Waals surface area (Å²) in [6, 6.07) is 15.3. The van der Waals surface area contributed by atoms with E-state index in [1.165, 1.54) is 18.9 Å². The fourth-order valence-corrected chi connectivity index (χ4v) is 4.48. The number of ether oxygens (including phenoxy) is 1. The monoisotopic (exact) mass is 452 g/mol. The molecule has 0 aromatic heterocycles. The van der Waals surface area contributed by atoms with Gasteiger partial charge < -0.3 is 20.1 Å². The number of carboxylic acid groups (broad SMARTS) is 1. The topological polar surface area (TPSA) is 95.9 Å². The molecular formula is C26H32N2O5. The van der Waals surface area contributed by atoms with Crippen LogP contribution in [0.4, 0.5) is 4.79 Å². The van der Waals surface area contributed by atoms with Gasteiger partial charge in [-0.25, -0.2) is 9.59 Å². The number of rotatable bonds is 9. The van der Waals surface area contributed by atoms with Crippen molar-refractivity contribution in [3.63, 3.8) is 0 Å². The number of amides is 2. The van der Waals surface area contributed by atoms with Gasteiger partial charge in [0, 0.05) is 19.5 Å². The van der Waals surface area contributed by atoms with Crippen LogP contribution >= 0.6 is 0 Å². The second kappa shape index (κ2) is 10.1. The number of nitrogens with one attached hydrogen (secondary N) is 1. The molecule has 0 saturated carbocycles. The van der Waals surface area contributed by atoms with Crippen LogP contribution in [0.15, 0.2) is 48.5 Å². The number of likely N-dealkylation sites (N-methyl/N-ethyl adjacent to an activating group) is 1. The van der Waals surface area contributed by atoms with Gasteiger partial charge in [0.05, 0.1) is 5.41 Å². The van der Waals surface area contributed by atoms with Crippen molar-refractivity contribution in [2.75, 3.05) is 20.2 Å². The minimum Gasteiger partial charge on any atom is -0.480 e. The highest BCUT2D eigenvalue weighted by Crippen LogP contribution is 2.44. The lowest BCUT2D eigenvalue weighted by atomic mass is 9.80. The Balaban J connectivity index is 1.66. The molecule has 2 amide bonds. The average Bonchev–Trinajstić information content (AvgIpc) is 3.16. The van der Waals surface area contributed by atoms with Gasteiger partial charge in [0.25, 0.3) is 0 Å². The van der Waals surface area contributed by atoms with E-state index in [1.54, 1.807) is 0 Å². The molecule has 0 bridgehead atoms. The first kappa shape index (κ1) is 24.3. The molecule has 0 heterocycles. The number of nitrogens with zero attached hydrogens (tertiary/aromatic N) is 1. The highest BCUT2D eigenvalue weighted by Gasteiger charge is 2.40. The molecule has 0 spiro atoms. The Kier molecular flexibility index (Phi) is 7.41. The van der Waals surface area contributed by atoms with Gasteiger partial charge in [-0.15, -0.1) is 0 Å². The number of benzene rings is 2. The van der Waals surface area contributed by atoms with Crippen molar-refractivity contribution >= 4 is 18.0 Å². The first-order valence-electron chi connectivity index (χ1n) is 11.3. The highest BCUT2D eigenvalue weighted by atomic mass is 16.5. The zero-order valence-electron chi connectivity index (χ0n) is 19.6. The summed E-state index contributed by atoms with van der Waals surface area (Å²) in [4.78, 5) is 38.2. The Labute approximate surface area is 194 Å². The van der Waals surface area contributed by atoms with E-state index in [0.717, 1.165) is 22.3 Å². The Morgan fingerprint density at radius 1 is 1.03 bits per heavy atom. The number of hydrogen-bond acceptors (Lipinski definition) is 4. The Hall–Kier alpha value is -3.35. The van der Waals surface area contributed by atoms with E-state index < -0.39 is 23.5 Å². The highest BCUT2D eigenvalue weighted by molar-refractivity contribution is 5.87. The molecule has 1 unspecified atom stereocenters. The molecule has 7 heteroatoms. The Morgan fingerprint density at radius 3 is 2.03 bits per heavy atom. The maximum atomic E-state index is 13.1. The first-order chi connectivity index (χ1) is 15.8. The number of fused-ring (bicyclic) bond motifs is 3. The van der Waals surface area contributed by atoms with Crippen LogP contribution in [0.3, 0.4) is 0 Å². The second-order valence-corrected chi connectivity index (χ2v) is 8.60. The number of carbonyl (C=O) groups excluding carboxylic acids is 2. The fourth-order valence-electron chi connectivity index (χ4n) is 4.48. The minimum atomic E-state index is -1.07. The first-order valence-corrected chi connectivity index (χ1v) is 11.3. The van der Waals surface area contributed by atoms with Crippen LogP contribution in [0.2, 0.25) is 0 Å². The van der Waals surface area contributed by atoms with Gasteiger partial charge in [0.15, 0.2) is 0 Å². The molecule has 1 atom stereocenters. The molecule has 7 nitrogen and oxygen atoms in total. The van der Waals surface area contributed by atoms with Crippen LogP contribution in [-0.4, -0.2) is 54.2 Å². The van der Waals surface area contributed by atoms with E-state index in [0.29, 0.717) is 12.8 Å². The van der Waals surface area contributed by atoms with Crippen molar-refractivity contribution in [3.8, 4) is 11.1 Å². The van der Waals surface area contributed by atoms with Crippen molar-refractivity contribution in [2.45, 2.75) is 45.6 Å². The van der Waals surface area contributed by atoms with Crippen LogP contribution in [0, 0.1) is 5.41 Å². The lowest BCUT2D eigenvalue weighted by molar-refractivity contribution is -0.153. The minimum absolute atomic E-state index is 0.0468. The smallest absolute Gasteiger partial charge is 0.407 e. The molecule has 1 aliphatic rings. The van der Waals surface area contributed by atoms with E-state index in [4.69, 9.17) is 4.74 Å². The van der Waals surface area contributed by atoms with Crippen LogP contribution in [-0.2, 0) is 14.3 Å². The maximum absolute atomic E-state index is 13.1. The molecule has 176 valence electrons. The largest absolute Gasteiger partial charge is 0.480 e. The summed E-state index contributed by atoms with van der Waals surface area (Å²) < 4.78 is 5.58. The molecule has 3 rings (SSSR count). The average molecular weight is 453 g/mol. The summed E-state index contributed by atoms with van der Waals surface area (Å²) in [5.41, 5.74) is 3.66. The second-order valence-electron chi connectivity index (χ2n) is 8.60. The van der Waals surface area contributed by atoms with Gasteiger partial charge in [-0.2, -0.15) is 0 Å². The van der Waals surface area contributed by atoms with Gasteiger partial charge in [-0.05, 0) is 42.0 Å². The molecule has 1 aliphatic carbocycles. The van der Waals surface area contributed by atoms with Gasteiger partial charge in [-0.3, -0.25) is 4.79 Å².